The van der Waals surface area contributed by atoms with Crippen molar-refractivity contribution in [3.05, 3.63) is 42.0 Å². The normalized spacial score (nSPS) is 11.2. The monoisotopic (exact) mass is 168 g/mol. The van der Waals surface area contributed by atoms with E-state index in [9.17, 15) is 5.11 Å². The maximum atomic E-state index is 11.4. The van der Waals surface area contributed by atoms with Crippen LogP contribution in [-0.4, -0.2) is 0 Å². The zero-order valence-corrected chi connectivity index (χ0v) is 8.45. The molecular weight excluding hydrogens is 155 g/mol. The molecule has 0 saturated carbocycles. The third kappa shape index (κ3) is 4.22. The molecule has 1 nitrogen and oxygen atoms in total. The minimum atomic E-state index is 0. The molecule has 0 fully saturated rings. The predicted molar refractivity (Wildman–Crippen MR) is 49.3 cm³/mol. The molecule has 0 saturated heterocycles. The first kappa shape index (κ1) is 12.4. The van der Waals surface area contributed by atoms with Gasteiger partial charge in [0.15, 0.2) is 0 Å². The minimum Gasteiger partial charge on any atom is -0.872 e. The predicted octanol–water partition coefficient (Wildman–Crippen LogP) is -0.952. The Labute approximate surface area is 91.7 Å². The van der Waals surface area contributed by atoms with Crippen LogP contribution in [0.25, 0.3) is 5.76 Å². The summed E-state index contributed by atoms with van der Waals surface area (Å²) < 4.78 is 0. The zero-order valence-electron chi connectivity index (χ0n) is 8.45. The Kier molecular flexibility index (Phi) is 5.62. The summed E-state index contributed by atoms with van der Waals surface area (Å²) >= 11 is 0. The minimum absolute atomic E-state index is 0. The average Bonchev–Trinajstić information content (AvgIpc) is 2.05. The van der Waals surface area contributed by atoms with Gasteiger partial charge in [-0.05, 0) is 11.5 Å². The number of rotatable bonds is 2. The van der Waals surface area contributed by atoms with Crippen LogP contribution in [0.5, 0.6) is 0 Å². The number of hydrogen-bond donors (Lipinski definition) is 0. The van der Waals surface area contributed by atoms with Gasteiger partial charge in [-0.15, -0.1) is 5.76 Å². The van der Waals surface area contributed by atoms with Gasteiger partial charge in [-0.25, -0.2) is 0 Å². The second kappa shape index (κ2) is 5.91. The van der Waals surface area contributed by atoms with Crippen LogP contribution >= 0.6 is 0 Å². The molecule has 1 aromatic carbocycles. The van der Waals surface area contributed by atoms with Gasteiger partial charge < -0.3 is 5.11 Å². The summed E-state index contributed by atoms with van der Waals surface area (Å²) in [7, 11) is 0. The van der Waals surface area contributed by atoms with E-state index in [0.29, 0.717) is 5.92 Å². The van der Waals surface area contributed by atoms with E-state index in [4.69, 9.17) is 0 Å². The molecule has 0 aliphatic rings. The van der Waals surface area contributed by atoms with E-state index in [1.807, 2.05) is 44.2 Å². The Morgan fingerprint density at radius 2 is 1.77 bits per heavy atom. The number of benzene rings is 1. The summed E-state index contributed by atoms with van der Waals surface area (Å²) in [6.07, 6.45) is 1.73. The van der Waals surface area contributed by atoms with Gasteiger partial charge in [-0.1, -0.05) is 50.3 Å². The average molecular weight is 168 g/mol. The topological polar surface area (TPSA) is 23.1 Å². The first-order chi connectivity index (χ1) is 5.70. The van der Waals surface area contributed by atoms with Crippen LogP contribution in [0, 0.1) is 5.92 Å². The first-order valence-electron chi connectivity index (χ1n) is 4.14. The Morgan fingerprint density at radius 3 is 2.23 bits per heavy atom. The van der Waals surface area contributed by atoms with Gasteiger partial charge in [0, 0.05) is 0 Å². The SMILES string of the molecule is CC(C)/C=C(\[O-])c1ccccc1.[Li+]. The molecule has 1 rings (SSSR count). The van der Waals surface area contributed by atoms with Crippen LogP contribution in [0.4, 0.5) is 0 Å². The summed E-state index contributed by atoms with van der Waals surface area (Å²) in [4.78, 5) is 0. The molecule has 0 spiro atoms. The van der Waals surface area contributed by atoms with Gasteiger partial charge in [0.05, 0.1) is 0 Å². The number of hydrogen-bond acceptors (Lipinski definition) is 1. The maximum Gasteiger partial charge on any atom is 1.00 e. The second-order valence-electron chi connectivity index (χ2n) is 3.14. The van der Waals surface area contributed by atoms with E-state index in [0.717, 1.165) is 5.56 Å². The molecule has 0 aliphatic carbocycles. The summed E-state index contributed by atoms with van der Waals surface area (Å²) in [5, 5.41) is 11.4. The van der Waals surface area contributed by atoms with Crippen LogP contribution in [0.2, 0.25) is 0 Å². The van der Waals surface area contributed by atoms with Crippen molar-refractivity contribution in [3.63, 3.8) is 0 Å². The quantitative estimate of drug-likeness (QED) is 0.412. The maximum absolute atomic E-state index is 11.4. The largest absolute Gasteiger partial charge is 1.00 e. The molecule has 0 bridgehead atoms. The van der Waals surface area contributed by atoms with Crippen molar-refractivity contribution >= 4 is 5.76 Å². The summed E-state index contributed by atoms with van der Waals surface area (Å²) in [5.74, 6) is 0.434. The Hall–Kier alpha value is -0.643. The van der Waals surface area contributed by atoms with Crippen LogP contribution < -0.4 is 24.0 Å². The molecule has 0 aliphatic heterocycles. The van der Waals surface area contributed by atoms with Crippen LogP contribution in [0.1, 0.15) is 19.4 Å². The van der Waals surface area contributed by atoms with Gasteiger partial charge in [0.25, 0.3) is 0 Å². The molecule has 0 aromatic heterocycles. The van der Waals surface area contributed by atoms with Crippen molar-refractivity contribution in [1.29, 1.82) is 0 Å². The molecule has 0 amide bonds. The second-order valence-corrected chi connectivity index (χ2v) is 3.14. The van der Waals surface area contributed by atoms with E-state index < -0.39 is 0 Å². The van der Waals surface area contributed by atoms with E-state index in [1.54, 1.807) is 6.08 Å². The molecule has 0 atom stereocenters. The van der Waals surface area contributed by atoms with Crippen molar-refractivity contribution in [2.24, 2.45) is 5.92 Å². The van der Waals surface area contributed by atoms with Crippen molar-refractivity contribution in [2.75, 3.05) is 0 Å². The standard InChI is InChI=1S/C11H14O.Li/c1-9(2)8-11(12)10-6-4-3-5-7-10;/h3-9,12H,1-2H3;/q;+1/p-1/b11-8-;. The van der Waals surface area contributed by atoms with Gasteiger partial charge in [-0.2, -0.15) is 0 Å². The van der Waals surface area contributed by atoms with E-state index >= 15 is 0 Å². The molecule has 13 heavy (non-hydrogen) atoms. The van der Waals surface area contributed by atoms with Gasteiger partial charge in [-0.3, -0.25) is 0 Å². The van der Waals surface area contributed by atoms with E-state index in [2.05, 4.69) is 0 Å². The molecule has 0 N–H and O–H groups in total. The summed E-state index contributed by atoms with van der Waals surface area (Å²) in [5.41, 5.74) is 0.770. The van der Waals surface area contributed by atoms with Crippen molar-refractivity contribution < 1.29 is 24.0 Å². The fraction of sp³-hybridized carbons (Fsp3) is 0.273. The van der Waals surface area contributed by atoms with Crippen molar-refractivity contribution in [2.45, 2.75) is 13.8 Å². The Morgan fingerprint density at radius 1 is 1.23 bits per heavy atom. The van der Waals surface area contributed by atoms with Crippen molar-refractivity contribution in [1.82, 2.24) is 0 Å². The fourth-order valence-electron chi connectivity index (χ4n) is 1.00. The van der Waals surface area contributed by atoms with Gasteiger partial charge in [0.2, 0.25) is 0 Å². The third-order valence-corrected chi connectivity index (χ3v) is 1.54. The zero-order chi connectivity index (χ0) is 8.97. The molecule has 0 unspecified atom stereocenters. The van der Waals surface area contributed by atoms with Gasteiger partial charge >= 0.3 is 18.9 Å². The van der Waals surface area contributed by atoms with E-state index in [1.165, 1.54) is 0 Å². The smallest absolute Gasteiger partial charge is 0.872 e. The molecule has 0 radical (unpaired) electrons. The van der Waals surface area contributed by atoms with Gasteiger partial charge in [0.1, 0.15) is 0 Å². The number of allylic oxidation sites excluding steroid dienone is 1. The van der Waals surface area contributed by atoms with Crippen LogP contribution in [0.3, 0.4) is 0 Å². The molecule has 1 aromatic rings. The third-order valence-electron chi connectivity index (χ3n) is 1.54. The molecular formula is C11H13LiO. The summed E-state index contributed by atoms with van der Waals surface area (Å²) in [6, 6.07) is 9.33. The fourth-order valence-corrected chi connectivity index (χ4v) is 1.00. The van der Waals surface area contributed by atoms with Crippen LogP contribution in [0.15, 0.2) is 36.4 Å². The van der Waals surface area contributed by atoms with Crippen molar-refractivity contribution in [3.8, 4) is 0 Å². The Balaban J connectivity index is 0.00000144. The molecule has 2 heteroatoms. The van der Waals surface area contributed by atoms with Crippen LogP contribution in [-0.2, 0) is 0 Å². The molecule has 0 heterocycles. The first-order valence-corrected chi connectivity index (χ1v) is 4.14. The van der Waals surface area contributed by atoms with E-state index in [-0.39, 0.29) is 24.6 Å². The molecule has 64 valence electrons. The summed E-state index contributed by atoms with van der Waals surface area (Å²) in [6.45, 7) is 4.00. The Bertz CT molecular complexity index is 265.